The normalized spacial score (nSPS) is 12.7. The molecule has 0 atom stereocenters. The van der Waals surface area contributed by atoms with Gasteiger partial charge in [0.05, 0.1) is 31.3 Å². The molecular formula is C25H25N7O4. The molecule has 1 aliphatic heterocycles. The van der Waals surface area contributed by atoms with E-state index >= 15 is 0 Å². The van der Waals surface area contributed by atoms with Gasteiger partial charge in [-0.2, -0.15) is 20.7 Å². The van der Waals surface area contributed by atoms with Crippen molar-refractivity contribution in [3.63, 3.8) is 0 Å². The van der Waals surface area contributed by atoms with Crippen molar-refractivity contribution in [1.29, 1.82) is 10.5 Å². The summed E-state index contributed by atoms with van der Waals surface area (Å²) in [5, 5.41) is 30.8. The number of methoxy groups -OCH3 is 1. The van der Waals surface area contributed by atoms with Gasteiger partial charge in [0.25, 0.3) is 5.91 Å². The van der Waals surface area contributed by atoms with Gasteiger partial charge in [0.15, 0.2) is 18.1 Å². The first-order valence-electron chi connectivity index (χ1n) is 11.2. The van der Waals surface area contributed by atoms with Crippen molar-refractivity contribution in [2.24, 2.45) is 15.4 Å². The summed E-state index contributed by atoms with van der Waals surface area (Å²) in [6.45, 7) is 2.66. The molecule has 0 radical (unpaired) electrons. The molecule has 0 bridgehead atoms. The molecule has 36 heavy (non-hydrogen) atoms. The lowest BCUT2D eigenvalue weighted by molar-refractivity contribution is -0.136. The lowest BCUT2D eigenvalue weighted by Crippen LogP contribution is -2.34. The summed E-state index contributed by atoms with van der Waals surface area (Å²) in [5.41, 5.74) is 5.31. The van der Waals surface area contributed by atoms with Crippen molar-refractivity contribution < 1.29 is 19.1 Å². The number of hydrogen-bond acceptors (Lipinski definition) is 10. The highest BCUT2D eigenvalue weighted by Crippen LogP contribution is 2.29. The standard InChI is InChI=1S/C25H25N7O4/c1-3-35-24-13-19(8-11-23(24)34-2)22-5-4-12-32(31-22)25(33)17-36-28-16-18-6-9-20(10-7-18)29-30-21(14-26)15-27/h6-11,13,16,29H,3-5,12,17H2,1-2H3. The first-order chi connectivity index (χ1) is 17.6. The molecule has 184 valence electrons. The Kier molecular flexibility index (Phi) is 9.36. The predicted molar refractivity (Wildman–Crippen MR) is 134 cm³/mol. The topological polar surface area (TPSA) is 145 Å². The number of hydrogen-bond donors (Lipinski definition) is 1. The minimum absolute atomic E-state index is 0.250. The quantitative estimate of drug-likeness (QED) is 0.400. The van der Waals surface area contributed by atoms with Crippen LogP contribution in [-0.4, -0.2) is 55.4 Å². The van der Waals surface area contributed by atoms with E-state index in [9.17, 15) is 4.79 Å². The summed E-state index contributed by atoms with van der Waals surface area (Å²) < 4.78 is 11.0. The molecule has 11 heteroatoms. The highest BCUT2D eigenvalue weighted by Gasteiger charge is 2.20. The van der Waals surface area contributed by atoms with Crippen LogP contribution in [0.15, 0.2) is 57.8 Å². The second kappa shape index (κ2) is 13.1. The van der Waals surface area contributed by atoms with Crippen LogP contribution in [0.2, 0.25) is 0 Å². The van der Waals surface area contributed by atoms with E-state index in [0.29, 0.717) is 30.3 Å². The summed E-state index contributed by atoms with van der Waals surface area (Å²) >= 11 is 0. The van der Waals surface area contributed by atoms with Crippen LogP contribution in [0.25, 0.3) is 0 Å². The molecule has 0 spiro atoms. The van der Waals surface area contributed by atoms with Crippen LogP contribution in [-0.2, 0) is 9.63 Å². The fourth-order valence-corrected chi connectivity index (χ4v) is 3.25. The van der Waals surface area contributed by atoms with Gasteiger partial charge < -0.3 is 14.3 Å². The fraction of sp³-hybridized carbons (Fsp3) is 0.280. The van der Waals surface area contributed by atoms with Gasteiger partial charge in [-0.3, -0.25) is 10.2 Å². The number of benzene rings is 2. The van der Waals surface area contributed by atoms with Crippen LogP contribution in [0.1, 0.15) is 30.9 Å². The third-order valence-corrected chi connectivity index (χ3v) is 4.99. The van der Waals surface area contributed by atoms with E-state index in [1.165, 1.54) is 11.2 Å². The van der Waals surface area contributed by atoms with Crippen molar-refractivity contribution in [1.82, 2.24) is 5.01 Å². The second-order valence-corrected chi connectivity index (χ2v) is 7.39. The molecule has 2 aromatic rings. The van der Waals surface area contributed by atoms with Gasteiger partial charge in [-0.25, -0.2) is 5.01 Å². The van der Waals surface area contributed by atoms with E-state index in [-0.39, 0.29) is 18.2 Å². The predicted octanol–water partition coefficient (Wildman–Crippen LogP) is 3.29. The van der Waals surface area contributed by atoms with Crippen molar-refractivity contribution in [2.75, 3.05) is 32.3 Å². The molecule has 1 N–H and O–H groups in total. The SMILES string of the molecule is CCOc1cc(C2=NN(C(=O)CON=Cc3ccc(NN=C(C#N)C#N)cc3)CCC2)ccc1OC. The monoisotopic (exact) mass is 487 g/mol. The second-order valence-electron chi connectivity index (χ2n) is 7.39. The molecule has 0 aliphatic carbocycles. The van der Waals surface area contributed by atoms with Gasteiger partial charge in [0, 0.05) is 12.1 Å². The van der Waals surface area contributed by atoms with Crippen LogP contribution in [0, 0.1) is 22.7 Å². The Labute approximate surface area is 208 Å². The van der Waals surface area contributed by atoms with Crippen molar-refractivity contribution in [2.45, 2.75) is 19.8 Å². The minimum atomic E-state index is -0.300. The van der Waals surface area contributed by atoms with E-state index in [1.54, 1.807) is 43.5 Å². The number of carbonyl (C=O) groups excluding carboxylic acids is 1. The number of carbonyl (C=O) groups is 1. The Bertz CT molecular complexity index is 1220. The molecule has 11 nitrogen and oxygen atoms in total. The summed E-state index contributed by atoms with van der Waals surface area (Å²) in [6.07, 6.45) is 2.98. The molecule has 3 rings (SSSR count). The van der Waals surface area contributed by atoms with E-state index in [1.807, 2.05) is 25.1 Å². The number of rotatable bonds is 10. The summed E-state index contributed by atoms with van der Waals surface area (Å²) in [5.74, 6) is 0.973. The molecule has 0 saturated heterocycles. The molecule has 1 heterocycles. The Morgan fingerprint density at radius 3 is 2.67 bits per heavy atom. The first kappa shape index (κ1) is 25.7. The van der Waals surface area contributed by atoms with Crippen LogP contribution in [0.3, 0.4) is 0 Å². The molecule has 0 unspecified atom stereocenters. The van der Waals surface area contributed by atoms with Crippen LogP contribution < -0.4 is 14.9 Å². The number of nitriles is 2. The van der Waals surface area contributed by atoms with Crippen LogP contribution >= 0.6 is 0 Å². The molecule has 0 fully saturated rings. The molecule has 0 saturated carbocycles. The zero-order valence-corrected chi connectivity index (χ0v) is 20.0. The lowest BCUT2D eigenvalue weighted by atomic mass is 10.0. The maximum absolute atomic E-state index is 12.6. The van der Waals surface area contributed by atoms with E-state index in [2.05, 4.69) is 20.8 Å². The van der Waals surface area contributed by atoms with Gasteiger partial charge in [0.1, 0.15) is 12.1 Å². The number of amides is 1. The zero-order chi connectivity index (χ0) is 25.8. The summed E-state index contributed by atoms with van der Waals surface area (Å²) in [6, 6.07) is 15.8. The first-order valence-corrected chi connectivity index (χ1v) is 11.2. The lowest BCUT2D eigenvalue weighted by Gasteiger charge is -2.23. The third kappa shape index (κ3) is 7.05. The number of ether oxygens (including phenoxy) is 2. The van der Waals surface area contributed by atoms with Crippen LogP contribution in [0.5, 0.6) is 11.5 Å². The molecule has 0 aromatic heterocycles. The smallest absolute Gasteiger partial charge is 0.283 e. The highest BCUT2D eigenvalue weighted by atomic mass is 16.6. The Morgan fingerprint density at radius 1 is 1.19 bits per heavy atom. The van der Waals surface area contributed by atoms with E-state index < -0.39 is 0 Å². The third-order valence-electron chi connectivity index (χ3n) is 4.99. The number of nitrogens with one attached hydrogen (secondary N) is 1. The Hall–Kier alpha value is -4.90. The zero-order valence-electron chi connectivity index (χ0n) is 20.0. The van der Waals surface area contributed by atoms with Crippen molar-refractivity contribution in [3.05, 3.63) is 53.6 Å². The number of oxime groups is 1. The van der Waals surface area contributed by atoms with Crippen molar-refractivity contribution >= 4 is 29.2 Å². The van der Waals surface area contributed by atoms with Gasteiger partial charge in [-0.1, -0.05) is 17.3 Å². The van der Waals surface area contributed by atoms with E-state index in [4.69, 9.17) is 24.8 Å². The Balaban J connectivity index is 1.55. The van der Waals surface area contributed by atoms with Gasteiger partial charge in [-0.05, 0) is 55.7 Å². The van der Waals surface area contributed by atoms with Gasteiger partial charge >= 0.3 is 0 Å². The van der Waals surface area contributed by atoms with Crippen LogP contribution in [0.4, 0.5) is 5.69 Å². The average molecular weight is 488 g/mol. The maximum atomic E-state index is 12.6. The van der Waals surface area contributed by atoms with Gasteiger partial charge in [0.2, 0.25) is 5.71 Å². The number of anilines is 1. The number of hydrazone groups is 2. The van der Waals surface area contributed by atoms with E-state index in [0.717, 1.165) is 29.7 Å². The van der Waals surface area contributed by atoms with Gasteiger partial charge in [-0.15, -0.1) is 0 Å². The highest BCUT2D eigenvalue weighted by molar-refractivity contribution is 6.10. The summed E-state index contributed by atoms with van der Waals surface area (Å²) in [7, 11) is 1.59. The molecule has 2 aromatic carbocycles. The Morgan fingerprint density at radius 2 is 1.97 bits per heavy atom. The fourth-order valence-electron chi connectivity index (χ4n) is 3.25. The maximum Gasteiger partial charge on any atom is 0.283 e. The molecular weight excluding hydrogens is 462 g/mol. The molecule has 1 amide bonds. The minimum Gasteiger partial charge on any atom is -0.493 e. The van der Waals surface area contributed by atoms with Crippen molar-refractivity contribution in [3.8, 4) is 23.6 Å². The average Bonchev–Trinajstić information content (AvgIpc) is 2.92. The largest absolute Gasteiger partial charge is 0.493 e. The molecule has 1 aliphatic rings. The summed E-state index contributed by atoms with van der Waals surface area (Å²) in [4.78, 5) is 17.8. The number of nitrogens with zero attached hydrogens (tertiary/aromatic N) is 6.